The molecule has 0 aromatic heterocycles. The smallest absolute Gasteiger partial charge is 0.227 e. The number of aryl methyl sites for hydroxylation is 1. The SMILES string of the molecule is Cc1ccccc1CC(=O)N1CC(C)OCC1C. The summed E-state index contributed by atoms with van der Waals surface area (Å²) in [6.45, 7) is 7.45. The molecular formula is C15H21NO2. The summed E-state index contributed by atoms with van der Waals surface area (Å²) in [4.78, 5) is 14.3. The Balaban J connectivity index is 2.05. The second-order valence-electron chi connectivity index (χ2n) is 5.14. The third kappa shape index (κ3) is 2.91. The van der Waals surface area contributed by atoms with Crippen LogP contribution in [-0.2, 0) is 16.0 Å². The number of carbonyl (C=O) groups excluding carboxylic acids is 1. The highest BCUT2D eigenvalue weighted by molar-refractivity contribution is 5.79. The maximum atomic E-state index is 12.3. The minimum absolute atomic E-state index is 0.141. The first-order valence-corrected chi connectivity index (χ1v) is 6.53. The van der Waals surface area contributed by atoms with Crippen molar-refractivity contribution in [3.63, 3.8) is 0 Å². The standard InChI is InChI=1S/C15H21NO2/c1-11-6-4-5-7-14(11)8-15(17)16-9-13(3)18-10-12(16)2/h4-7,12-13H,8-10H2,1-3H3. The number of hydrogen-bond acceptors (Lipinski definition) is 2. The molecule has 3 nitrogen and oxygen atoms in total. The van der Waals surface area contributed by atoms with Gasteiger partial charge in [0.2, 0.25) is 5.91 Å². The van der Waals surface area contributed by atoms with Gasteiger partial charge in [-0.25, -0.2) is 0 Å². The summed E-state index contributed by atoms with van der Waals surface area (Å²) in [5, 5.41) is 0. The first-order valence-electron chi connectivity index (χ1n) is 6.53. The number of amides is 1. The van der Waals surface area contributed by atoms with E-state index in [1.54, 1.807) is 0 Å². The van der Waals surface area contributed by atoms with Crippen LogP contribution in [0.4, 0.5) is 0 Å². The van der Waals surface area contributed by atoms with E-state index in [0.29, 0.717) is 19.6 Å². The highest BCUT2D eigenvalue weighted by Gasteiger charge is 2.27. The minimum atomic E-state index is 0.141. The Labute approximate surface area is 109 Å². The summed E-state index contributed by atoms with van der Waals surface area (Å²) < 4.78 is 5.55. The molecule has 18 heavy (non-hydrogen) atoms. The second kappa shape index (κ2) is 5.53. The largest absolute Gasteiger partial charge is 0.375 e. The average Bonchev–Trinajstić information content (AvgIpc) is 2.35. The van der Waals surface area contributed by atoms with Crippen LogP contribution in [0.2, 0.25) is 0 Å². The maximum Gasteiger partial charge on any atom is 0.227 e. The molecule has 1 fully saturated rings. The van der Waals surface area contributed by atoms with Crippen molar-refractivity contribution in [1.29, 1.82) is 0 Å². The van der Waals surface area contributed by atoms with Crippen LogP contribution in [0.5, 0.6) is 0 Å². The van der Waals surface area contributed by atoms with Crippen molar-refractivity contribution in [1.82, 2.24) is 4.90 Å². The van der Waals surface area contributed by atoms with E-state index in [9.17, 15) is 4.79 Å². The molecule has 3 heteroatoms. The molecule has 0 radical (unpaired) electrons. The lowest BCUT2D eigenvalue weighted by atomic mass is 10.0. The van der Waals surface area contributed by atoms with Crippen LogP contribution in [0.1, 0.15) is 25.0 Å². The Bertz CT molecular complexity index is 430. The Hall–Kier alpha value is -1.35. The van der Waals surface area contributed by atoms with E-state index in [0.717, 1.165) is 5.56 Å². The van der Waals surface area contributed by atoms with Crippen molar-refractivity contribution in [2.45, 2.75) is 39.3 Å². The number of rotatable bonds is 2. The van der Waals surface area contributed by atoms with Gasteiger partial charge >= 0.3 is 0 Å². The lowest BCUT2D eigenvalue weighted by Crippen LogP contribution is -2.50. The molecule has 0 saturated carbocycles. The molecule has 1 aliphatic heterocycles. The Kier molecular flexibility index (Phi) is 4.02. The molecule has 0 bridgehead atoms. The lowest BCUT2D eigenvalue weighted by Gasteiger charge is -2.37. The average molecular weight is 247 g/mol. The molecule has 2 atom stereocenters. The number of benzene rings is 1. The molecule has 1 saturated heterocycles. The van der Waals surface area contributed by atoms with Gasteiger partial charge in [0, 0.05) is 6.54 Å². The van der Waals surface area contributed by atoms with E-state index in [1.807, 2.05) is 49.9 Å². The molecule has 2 rings (SSSR count). The minimum Gasteiger partial charge on any atom is -0.375 e. The number of nitrogens with zero attached hydrogens (tertiary/aromatic N) is 1. The summed E-state index contributed by atoms with van der Waals surface area (Å²) >= 11 is 0. The zero-order chi connectivity index (χ0) is 13.1. The van der Waals surface area contributed by atoms with Gasteiger partial charge in [-0.3, -0.25) is 4.79 Å². The summed E-state index contributed by atoms with van der Waals surface area (Å²) in [7, 11) is 0. The molecule has 1 amide bonds. The van der Waals surface area contributed by atoms with Crippen molar-refractivity contribution >= 4 is 5.91 Å². The molecule has 0 spiro atoms. The molecule has 98 valence electrons. The highest BCUT2D eigenvalue weighted by Crippen LogP contribution is 2.15. The zero-order valence-electron chi connectivity index (χ0n) is 11.3. The number of hydrogen-bond donors (Lipinski definition) is 0. The van der Waals surface area contributed by atoms with Crippen LogP contribution in [-0.4, -0.2) is 36.1 Å². The predicted molar refractivity (Wildman–Crippen MR) is 71.5 cm³/mol. The van der Waals surface area contributed by atoms with Gasteiger partial charge in [-0.05, 0) is 31.9 Å². The van der Waals surface area contributed by atoms with Crippen LogP contribution in [0.15, 0.2) is 24.3 Å². The first-order chi connectivity index (χ1) is 8.58. The van der Waals surface area contributed by atoms with Crippen molar-refractivity contribution in [3.8, 4) is 0 Å². The molecule has 1 aromatic carbocycles. The number of ether oxygens (including phenoxy) is 1. The number of morpholine rings is 1. The van der Waals surface area contributed by atoms with Crippen molar-refractivity contribution in [3.05, 3.63) is 35.4 Å². The number of carbonyl (C=O) groups is 1. The van der Waals surface area contributed by atoms with Crippen LogP contribution < -0.4 is 0 Å². The van der Waals surface area contributed by atoms with Crippen molar-refractivity contribution in [2.75, 3.05) is 13.2 Å². The molecule has 1 aromatic rings. The Morgan fingerprint density at radius 3 is 2.83 bits per heavy atom. The third-order valence-corrected chi connectivity index (χ3v) is 3.53. The normalized spacial score (nSPS) is 24.1. The van der Waals surface area contributed by atoms with Gasteiger partial charge in [-0.1, -0.05) is 24.3 Å². The van der Waals surface area contributed by atoms with Gasteiger partial charge in [0.1, 0.15) is 0 Å². The zero-order valence-corrected chi connectivity index (χ0v) is 11.3. The van der Waals surface area contributed by atoms with Crippen molar-refractivity contribution < 1.29 is 9.53 Å². The van der Waals surface area contributed by atoms with Gasteiger partial charge in [-0.15, -0.1) is 0 Å². The van der Waals surface area contributed by atoms with Crippen LogP contribution >= 0.6 is 0 Å². The fourth-order valence-corrected chi connectivity index (χ4v) is 2.32. The van der Waals surface area contributed by atoms with Crippen molar-refractivity contribution in [2.24, 2.45) is 0 Å². The molecule has 0 aliphatic carbocycles. The monoisotopic (exact) mass is 247 g/mol. The van der Waals surface area contributed by atoms with Gasteiger partial charge < -0.3 is 9.64 Å². The molecule has 1 aliphatic rings. The van der Waals surface area contributed by atoms with E-state index < -0.39 is 0 Å². The van der Waals surface area contributed by atoms with E-state index >= 15 is 0 Å². The third-order valence-electron chi connectivity index (χ3n) is 3.53. The van der Waals surface area contributed by atoms with Gasteiger partial charge in [-0.2, -0.15) is 0 Å². The topological polar surface area (TPSA) is 29.5 Å². The molecular weight excluding hydrogens is 226 g/mol. The summed E-state index contributed by atoms with van der Waals surface area (Å²) in [5.41, 5.74) is 2.30. The summed E-state index contributed by atoms with van der Waals surface area (Å²) in [6.07, 6.45) is 0.631. The van der Waals surface area contributed by atoms with Gasteiger partial charge in [0.05, 0.1) is 25.2 Å². The molecule has 0 N–H and O–H groups in total. The molecule has 1 heterocycles. The van der Waals surface area contributed by atoms with Crippen LogP contribution in [0.3, 0.4) is 0 Å². The highest BCUT2D eigenvalue weighted by atomic mass is 16.5. The van der Waals surface area contributed by atoms with E-state index in [4.69, 9.17) is 4.74 Å². The van der Waals surface area contributed by atoms with E-state index in [1.165, 1.54) is 5.56 Å². The lowest BCUT2D eigenvalue weighted by molar-refractivity contribution is -0.142. The molecule has 2 unspecified atom stereocenters. The van der Waals surface area contributed by atoms with E-state index in [2.05, 4.69) is 0 Å². The summed E-state index contributed by atoms with van der Waals surface area (Å²) in [6, 6.07) is 8.25. The van der Waals surface area contributed by atoms with Crippen LogP contribution in [0, 0.1) is 6.92 Å². The Morgan fingerprint density at radius 1 is 1.39 bits per heavy atom. The van der Waals surface area contributed by atoms with Crippen LogP contribution in [0.25, 0.3) is 0 Å². The quantitative estimate of drug-likeness (QED) is 0.801. The maximum absolute atomic E-state index is 12.3. The fraction of sp³-hybridized carbons (Fsp3) is 0.533. The Morgan fingerprint density at radius 2 is 2.11 bits per heavy atom. The second-order valence-corrected chi connectivity index (χ2v) is 5.14. The van der Waals surface area contributed by atoms with Gasteiger partial charge in [0.15, 0.2) is 0 Å². The predicted octanol–water partition coefficient (Wildman–Crippen LogP) is 2.17. The summed E-state index contributed by atoms with van der Waals surface area (Å²) in [5.74, 6) is 0.201. The van der Waals surface area contributed by atoms with Gasteiger partial charge in [0.25, 0.3) is 0 Å². The van der Waals surface area contributed by atoms with E-state index in [-0.39, 0.29) is 18.1 Å². The fourth-order valence-electron chi connectivity index (χ4n) is 2.32. The first kappa shape index (κ1) is 13.1.